The van der Waals surface area contributed by atoms with Crippen molar-refractivity contribution in [3.8, 4) is 0 Å². The topological polar surface area (TPSA) is 37.3 Å². The van der Waals surface area contributed by atoms with Gasteiger partial charge in [-0.3, -0.25) is 4.57 Å². The molecule has 0 aromatic carbocycles. The number of nitrogens with zero attached hydrogens (tertiary/aromatic N) is 1. The Bertz CT molecular complexity index is 134. The first-order valence-corrected chi connectivity index (χ1v) is 5.49. The Balaban J connectivity index is 3.85. The zero-order chi connectivity index (χ0) is 8.36. The maximum absolute atomic E-state index is 10.4. The molecule has 0 heterocycles. The van der Waals surface area contributed by atoms with Crippen molar-refractivity contribution in [2.75, 3.05) is 27.3 Å². The Labute approximate surface area is 70.6 Å². The molecule has 62 valence electrons. The first kappa shape index (κ1) is 10.6. The van der Waals surface area contributed by atoms with E-state index >= 15 is 0 Å². The second kappa shape index (κ2) is 3.86. The molecule has 0 aromatic heterocycles. The van der Waals surface area contributed by atoms with E-state index in [1.54, 1.807) is 0 Å². The van der Waals surface area contributed by atoms with E-state index in [0.29, 0.717) is 10.6 Å². The van der Waals surface area contributed by atoms with Gasteiger partial charge in [0.1, 0.15) is 0 Å². The van der Waals surface area contributed by atoms with Crippen molar-refractivity contribution in [2.24, 2.45) is 0 Å². The molecule has 0 amide bonds. The molecular formula is C5H14BrNO2P+. The number of hydrogen-bond donors (Lipinski definition) is 1. The largest absolute Gasteiger partial charge is 0.346 e. The molecule has 0 aliphatic heterocycles. The van der Waals surface area contributed by atoms with Crippen LogP contribution in [-0.4, -0.2) is 41.6 Å². The maximum atomic E-state index is 10.4. The van der Waals surface area contributed by atoms with Gasteiger partial charge < -0.3 is 9.38 Å². The fourth-order valence-corrected chi connectivity index (χ4v) is 2.08. The predicted octanol–water partition coefficient (Wildman–Crippen LogP) is 0.881. The van der Waals surface area contributed by atoms with E-state index in [4.69, 9.17) is 4.89 Å². The SMILES string of the molecule is C[N+](C)(C)C(Br)C[PH](=O)O. The van der Waals surface area contributed by atoms with Gasteiger partial charge in [-0.15, -0.1) is 0 Å². The Morgan fingerprint density at radius 1 is 1.60 bits per heavy atom. The van der Waals surface area contributed by atoms with Gasteiger partial charge >= 0.3 is 0 Å². The van der Waals surface area contributed by atoms with Crippen molar-refractivity contribution in [3.63, 3.8) is 0 Å². The standard InChI is InChI=1S/C5H13BrNO2P/c1-7(2,3)5(6)4-10(8)9/h5,10H,4H2,1-3H3/p+1. The summed E-state index contributed by atoms with van der Waals surface area (Å²) in [6.45, 7) is 0. The fourth-order valence-electron chi connectivity index (χ4n) is 0.418. The summed E-state index contributed by atoms with van der Waals surface area (Å²) < 4.78 is 11.1. The van der Waals surface area contributed by atoms with Crippen LogP contribution in [0.4, 0.5) is 0 Å². The molecule has 0 bridgehead atoms. The number of quaternary nitrogens is 1. The Hall–Kier alpha value is 0.630. The molecule has 0 saturated carbocycles. The summed E-state index contributed by atoms with van der Waals surface area (Å²) in [7, 11) is 3.60. The lowest BCUT2D eigenvalue weighted by molar-refractivity contribution is -0.876. The third kappa shape index (κ3) is 4.45. The highest BCUT2D eigenvalue weighted by atomic mass is 79.9. The van der Waals surface area contributed by atoms with Gasteiger partial charge in [0.15, 0.2) is 13.0 Å². The number of alkyl halides is 1. The van der Waals surface area contributed by atoms with Gasteiger partial charge in [0.2, 0.25) is 0 Å². The molecule has 2 unspecified atom stereocenters. The van der Waals surface area contributed by atoms with Crippen LogP contribution in [-0.2, 0) is 4.57 Å². The monoisotopic (exact) mass is 230 g/mol. The maximum Gasteiger partial charge on any atom is 0.195 e. The molecule has 0 spiro atoms. The summed E-state index contributed by atoms with van der Waals surface area (Å²) in [4.78, 5) is 8.67. The lowest BCUT2D eigenvalue weighted by Crippen LogP contribution is -2.42. The fraction of sp³-hybridized carbons (Fsp3) is 1.00. The lowest BCUT2D eigenvalue weighted by atomic mass is 10.6. The molecule has 10 heavy (non-hydrogen) atoms. The van der Waals surface area contributed by atoms with Crippen LogP contribution in [0.15, 0.2) is 0 Å². The van der Waals surface area contributed by atoms with Crippen LogP contribution in [0.25, 0.3) is 0 Å². The molecule has 1 N–H and O–H groups in total. The summed E-state index contributed by atoms with van der Waals surface area (Å²) in [5.41, 5.74) is 0. The molecule has 0 aliphatic rings. The van der Waals surface area contributed by atoms with E-state index in [0.717, 1.165) is 0 Å². The van der Waals surface area contributed by atoms with Crippen LogP contribution in [0.2, 0.25) is 0 Å². The summed E-state index contributed by atoms with van der Waals surface area (Å²) in [5.74, 6) is 0. The van der Waals surface area contributed by atoms with Crippen molar-refractivity contribution in [3.05, 3.63) is 0 Å². The molecule has 2 atom stereocenters. The third-order valence-electron chi connectivity index (χ3n) is 1.18. The second-order valence-corrected chi connectivity index (χ2v) is 5.40. The number of halogens is 1. The van der Waals surface area contributed by atoms with E-state index in [1.165, 1.54) is 0 Å². The van der Waals surface area contributed by atoms with Gasteiger partial charge in [0.25, 0.3) is 0 Å². The molecule has 0 saturated heterocycles. The van der Waals surface area contributed by atoms with E-state index in [2.05, 4.69) is 15.9 Å². The van der Waals surface area contributed by atoms with Gasteiger partial charge in [0, 0.05) is 0 Å². The van der Waals surface area contributed by atoms with Crippen LogP contribution in [0.1, 0.15) is 0 Å². The molecule has 5 heteroatoms. The quantitative estimate of drug-likeness (QED) is 0.339. The summed E-state index contributed by atoms with van der Waals surface area (Å²) >= 11 is 3.34. The molecule has 0 aliphatic carbocycles. The molecule has 0 fully saturated rings. The van der Waals surface area contributed by atoms with E-state index in [-0.39, 0.29) is 4.95 Å². The van der Waals surface area contributed by atoms with Crippen LogP contribution >= 0.6 is 24.0 Å². The zero-order valence-electron chi connectivity index (χ0n) is 6.47. The van der Waals surface area contributed by atoms with Crippen molar-refractivity contribution >= 4 is 24.0 Å². The molecule has 3 nitrogen and oxygen atoms in total. The van der Waals surface area contributed by atoms with Crippen molar-refractivity contribution in [1.29, 1.82) is 0 Å². The normalized spacial score (nSPS) is 18.5. The van der Waals surface area contributed by atoms with Gasteiger partial charge in [-0.2, -0.15) is 0 Å². The molecule has 0 rings (SSSR count). The highest BCUT2D eigenvalue weighted by Crippen LogP contribution is 2.22. The third-order valence-corrected chi connectivity index (χ3v) is 4.07. The first-order valence-electron chi connectivity index (χ1n) is 3.01. The summed E-state index contributed by atoms with van der Waals surface area (Å²) in [6, 6.07) is 0. The van der Waals surface area contributed by atoms with E-state index < -0.39 is 8.03 Å². The number of rotatable bonds is 3. The highest BCUT2D eigenvalue weighted by molar-refractivity contribution is 9.09. The first-order chi connectivity index (χ1) is 4.34. The Kier molecular flexibility index (Phi) is 4.10. The molecular weight excluding hydrogens is 217 g/mol. The Morgan fingerprint density at radius 2 is 2.00 bits per heavy atom. The minimum Gasteiger partial charge on any atom is -0.346 e. The van der Waals surface area contributed by atoms with Crippen molar-refractivity contribution < 1.29 is 13.9 Å². The van der Waals surface area contributed by atoms with Crippen LogP contribution < -0.4 is 0 Å². The van der Waals surface area contributed by atoms with Crippen molar-refractivity contribution in [1.82, 2.24) is 0 Å². The highest BCUT2D eigenvalue weighted by Gasteiger charge is 2.21. The lowest BCUT2D eigenvalue weighted by Gasteiger charge is -2.29. The van der Waals surface area contributed by atoms with E-state index in [1.807, 2.05) is 21.1 Å². The smallest absolute Gasteiger partial charge is 0.195 e. The summed E-state index contributed by atoms with van der Waals surface area (Å²) in [5, 5.41) is 0. The van der Waals surface area contributed by atoms with Gasteiger partial charge in [-0.25, -0.2) is 0 Å². The van der Waals surface area contributed by atoms with Crippen molar-refractivity contribution in [2.45, 2.75) is 4.95 Å². The van der Waals surface area contributed by atoms with Gasteiger partial charge in [0.05, 0.1) is 27.3 Å². The minimum atomic E-state index is -2.33. The molecule has 0 radical (unpaired) electrons. The van der Waals surface area contributed by atoms with Crippen LogP contribution in [0, 0.1) is 0 Å². The molecule has 0 aromatic rings. The average Bonchev–Trinajstić information content (AvgIpc) is 1.60. The second-order valence-electron chi connectivity index (χ2n) is 3.15. The van der Waals surface area contributed by atoms with Crippen LogP contribution in [0.5, 0.6) is 0 Å². The average molecular weight is 231 g/mol. The minimum absolute atomic E-state index is 0.0730. The summed E-state index contributed by atoms with van der Waals surface area (Å²) in [6.07, 6.45) is 0.341. The van der Waals surface area contributed by atoms with Gasteiger partial charge in [-0.1, -0.05) is 0 Å². The zero-order valence-corrected chi connectivity index (χ0v) is 9.05. The van der Waals surface area contributed by atoms with E-state index in [9.17, 15) is 4.57 Å². The predicted molar refractivity (Wildman–Crippen MR) is 46.8 cm³/mol. The Morgan fingerprint density at radius 3 is 2.10 bits per heavy atom. The van der Waals surface area contributed by atoms with Crippen LogP contribution in [0.3, 0.4) is 0 Å². The van der Waals surface area contributed by atoms with Gasteiger partial charge in [-0.05, 0) is 15.9 Å². The number of hydrogen-bond acceptors (Lipinski definition) is 1.